The Bertz CT molecular complexity index is 239. The van der Waals surface area contributed by atoms with Gasteiger partial charge < -0.3 is 22.3 Å². The summed E-state index contributed by atoms with van der Waals surface area (Å²) in [6.07, 6.45) is 1.81. The van der Waals surface area contributed by atoms with Gasteiger partial charge in [-0.25, -0.2) is 4.79 Å². The van der Waals surface area contributed by atoms with Crippen LogP contribution >= 0.6 is 0 Å². The van der Waals surface area contributed by atoms with Gasteiger partial charge >= 0.3 is 5.97 Å². The molecule has 0 fully saturated rings. The molecule has 68 valence electrons. The van der Waals surface area contributed by atoms with Gasteiger partial charge in [0.05, 0.1) is 5.82 Å². The fourth-order valence-electron chi connectivity index (χ4n) is 0.639. The average Bonchev–Trinajstić information content (AvgIpc) is 1.98. The van der Waals surface area contributed by atoms with E-state index >= 15 is 0 Å². The van der Waals surface area contributed by atoms with Crippen molar-refractivity contribution in [3.63, 3.8) is 0 Å². The molecule has 0 rings (SSSR count). The van der Waals surface area contributed by atoms with Crippen LogP contribution in [0.1, 0.15) is 13.3 Å². The van der Waals surface area contributed by atoms with E-state index in [0.29, 0.717) is 12.0 Å². The highest BCUT2D eigenvalue weighted by Gasteiger charge is 2.02. The second kappa shape index (κ2) is 4.27. The van der Waals surface area contributed by atoms with Crippen molar-refractivity contribution in [2.45, 2.75) is 13.3 Å². The fraction of sp³-hybridized carbons (Fsp3) is 0.286. The quantitative estimate of drug-likeness (QED) is 0.336. The van der Waals surface area contributed by atoms with Crippen LogP contribution in [0.15, 0.2) is 23.2 Å². The van der Waals surface area contributed by atoms with Crippen molar-refractivity contribution in [3.8, 4) is 0 Å². The molecular weight excluding hydrogens is 158 g/mol. The molecule has 0 unspecified atom stereocenters. The van der Waals surface area contributed by atoms with Crippen molar-refractivity contribution in [3.05, 3.63) is 23.2 Å². The highest BCUT2D eigenvalue weighted by Crippen LogP contribution is 2.04. The Morgan fingerprint density at radius 1 is 1.42 bits per heavy atom. The zero-order valence-electron chi connectivity index (χ0n) is 6.87. The topological polar surface area (TPSA) is 115 Å². The van der Waals surface area contributed by atoms with Gasteiger partial charge in [0.15, 0.2) is 0 Å². The van der Waals surface area contributed by atoms with Crippen LogP contribution in [0.3, 0.4) is 0 Å². The summed E-state index contributed by atoms with van der Waals surface area (Å²) >= 11 is 0. The Morgan fingerprint density at radius 3 is 2.17 bits per heavy atom. The van der Waals surface area contributed by atoms with Gasteiger partial charge in [-0.2, -0.15) is 0 Å². The lowest BCUT2D eigenvalue weighted by atomic mass is 10.1. The summed E-state index contributed by atoms with van der Waals surface area (Å²) in [6, 6.07) is 0. The number of nitrogens with two attached hydrogens (primary N) is 3. The molecule has 5 heteroatoms. The number of carbonyl (C=O) groups is 1. The van der Waals surface area contributed by atoms with Gasteiger partial charge in [0, 0.05) is 0 Å². The molecule has 0 aromatic carbocycles. The van der Waals surface area contributed by atoms with Gasteiger partial charge in [-0.3, -0.25) is 0 Å². The van der Waals surface area contributed by atoms with Crippen LogP contribution < -0.4 is 17.2 Å². The van der Waals surface area contributed by atoms with Crippen LogP contribution in [-0.2, 0) is 4.79 Å². The summed E-state index contributed by atoms with van der Waals surface area (Å²) in [6.45, 7) is 1.81. The maximum atomic E-state index is 10.3. The summed E-state index contributed by atoms with van der Waals surface area (Å²) in [5.41, 5.74) is 15.9. The van der Waals surface area contributed by atoms with E-state index in [1.807, 2.05) is 0 Å². The third-order valence-electron chi connectivity index (χ3n) is 1.33. The normalized spacial score (nSPS) is 10.9. The standard InChI is InChI=1S/C7H13N3O2/c1-2-4(6(9)10)3-5(8)7(11)12/h3H,2,8-10H2,1H3,(H,11,12)/b5-3-. The van der Waals surface area contributed by atoms with E-state index < -0.39 is 5.97 Å². The van der Waals surface area contributed by atoms with Crippen molar-refractivity contribution in [2.24, 2.45) is 17.2 Å². The van der Waals surface area contributed by atoms with Gasteiger partial charge in [0.1, 0.15) is 5.70 Å². The van der Waals surface area contributed by atoms with Crippen molar-refractivity contribution in [2.75, 3.05) is 0 Å². The molecule has 0 aromatic heterocycles. The number of rotatable bonds is 3. The fourth-order valence-corrected chi connectivity index (χ4v) is 0.639. The average molecular weight is 171 g/mol. The summed E-state index contributed by atoms with van der Waals surface area (Å²) in [7, 11) is 0. The molecule has 0 bridgehead atoms. The molecule has 7 N–H and O–H groups in total. The smallest absolute Gasteiger partial charge is 0.351 e. The molecule has 0 spiro atoms. The number of carboxylic acids is 1. The summed E-state index contributed by atoms with van der Waals surface area (Å²) in [5, 5.41) is 8.41. The predicted molar refractivity (Wildman–Crippen MR) is 45.6 cm³/mol. The maximum Gasteiger partial charge on any atom is 0.351 e. The van der Waals surface area contributed by atoms with Crippen molar-refractivity contribution >= 4 is 5.97 Å². The lowest BCUT2D eigenvalue weighted by molar-refractivity contribution is -0.132. The first-order chi connectivity index (χ1) is 5.49. The van der Waals surface area contributed by atoms with E-state index in [4.69, 9.17) is 22.3 Å². The first-order valence-corrected chi connectivity index (χ1v) is 3.43. The molecule has 0 aliphatic heterocycles. The Hall–Kier alpha value is -1.65. The SMILES string of the molecule is CCC(/C=C(\N)C(=O)O)=C(N)N. The van der Waals surface area contributed by atoms with E-state index in [9.17, 15) is 4.79 Å². The zero-order valence-corrected chi connectivity index (χ0v) is 6.87. The molecule has 0 heterocycles. The van der Waals surface area contributed by atoms with Crippen LogP contribution in [0, 0.1) is 0 Å². The predicted octanol–water partition coefficient (Wildman–Crippen LogP) is -0.547. The highest BCUT2D eigenvalue weighted by molar-refractivity contribution is 5.86. The number of hydrogen-bond donors (Lipinski definition) is 4. The lowest BCUT2D eigenvalue weighted by Crippen LogP contribution is -2.14. The third kappa shape index (κ3) is 2.96. The highest BCUT2D eigenvalue weighted by atomic mass is 16.4. The van der Waals surface area contributed by atoms with Gasteiger partial charge in [-0.1, -0.05) is 6.92 Å². The molecule has 0 aromatic rings. The molecule has 0 atom stereocenters. The molecule has 0 radical (unpaired) electrons. The van der Waals surface area contributed by atoms with Gasteiger partial charge in [-0.05, 0) is 18.1 Å². The van der Waals surface area contributed by atoms with Crippen LogP contribution in [-0.4, -0.2) is 11.1 Å². The second-order valence-electron chi connectivity index (χ2n) is 2.24. The summed E-state index contributed by atoms with van der Waals surface area (Å²) < 4.78 is 0. The molecular formula is C7H13N3O2. The molecule has 5 nitrogen and oxygen atoms in total. The van der Waals surface area contributed by atoms with E-state index in [2.05, 4.69) is 0 Å². The van der Waals surface area contributed by atoms with Gasteiger partial charge in [-0.15, -0.1) is 0 Å². The van der Waals surface area contributed by atoms with Crippen LogP contribution in [0.25, 0.3) is 0 Å². The van der Waals surface area contributed by atoms with E-state index in [0.717, 1.165) is 0 Å². The first-order valence-electron chi connectivity index (χ1n) is 3.43. The molecule has 0 aliphatic carbocycles. The number of hydrogen-bond acceptors (Lipinski definition) is 4. The van der Waals surface area contributed by atoms with Crippen molar-refractivity contribution < 1.29 is 9.90 Å². The van der Waals surface area contributed by atoms with Crippen LogP contribution in [0.2, 0.25) is 0 Å². The Balaban J connectivity index is 4.72. The Kier molecular flexibility index (Phi) is 3.69. The van der Waals surface area contributed by atoms with E-state index in [-0.39, 0.29) is 11.5 Å². The minimum atomic E-state index is -1.18. The lowest BCUT2D eigenvalue weighted by Gasteiger charge is -2.00. The minimum Gasteiger partial charge on any atom is -0.477 e. The Labute approximate surface area is 70.5 Å². The second-order valence-corrected chi connectivity index (χ2v) is 2.24. The monoisotopic (exact) mass is 171 g/mol. The van der Waals surface area contributed by atoms with Crippen molar-refractivity contribution in [1.29, 1.82) is 0 Å². The van der Waals surface area contributed by atoms with E-state index in [1.165, 1.54) is 6.08 Å². The Morgan fingerprint density at radius 2 is 1.92 bits per heavy atom. The maximum absolute atomic E-state index is 10.3. The van der Waals surface area contributed by atoms with Gasteiger partial charge in [0.25, 0.3) is 0 Å². The number of aliphatic carboxylic acids is 1. The molecule has 0 saturated carbocycles. The number of carboxylic acid groups (broad SMARTS) is 1. The molecule has 12 heavy (non-hydrogen) atoms. The molecule has 0 aliphatic rings. The largest absolute Gasteiger partial charge is 0.477 e. The summed E-state index contributed by atoms with van der Waals surface area (Å²) in [4.78, 5) is 10.3. The first kappa shape index (κ1) is 10.3. The molecule has 0 saturated heterocycles. The van der Waals surface area contributed by atoms with Gasteiger partial charge in [0.2, 0.25) is 0 Å². The van der Waals surface area contributed by atoms with Crippen LogP contribution in [0.4, 0.5) is 0 Å². The number of allylic oxidation sites excluding steroid dienone is 2. The third-order valence-corrected chi connectivity index (χ3v) is 1.33. The molecule has 0 amide bonds. The van der Waals surface area contributed by atoms with E-state index in [1.54, 1.807) is 6.92 Å². The summed E-state index contributed by atoms with van der Waals surface area (Å²) in [5.74, 6) is -1.08. The van der Waals surface area contributed by atoms with Crippen molar-refractivity contribution in [1.82, 2.24) is 0 Å². The minimum absolute atomic E-state index is 0.0988. The zero-order chi connectivity index (χ0) is 9.72. The van der Waals surface area contributed by atoms with Crippen LogP contribution in [0.5, 0.6) is 0 Å².